The molecule has 96 valence electrons. The third-order valence-electron chi connectivity index (χ3n) is 3.05. The summed E-state index contributed by atoms with van der Waals surface area (Å²) in [6.07, 6.45) is 1.06. The topological polar surface area (TPSA) is 21.3 Å². The Kier molecular flexibility index (Phi) is 5.96. The van der Waals surface area contributed by atoms with Gasteiger partial charge in [0.15, 0.2) is 0 Å². The normalized spacial score (nSPS) is 14.6. The minimum Gasteiger partial charge on any atom is -0.380 e. The van der Waals surface area contributed by atoms with Crippen LogP contribution in [0, 0.1) is 6.92 Å². The van der Waals surface area contributed by atoms with E-state index in [4.69, 9.17) is 16.3 Å². The van der Waals surface area contributed by atoms with Crippen LogP contribution in [0.4, 0.5) is 0 Å². The summed E-state index contributed by atoms with van der Waals surface area (Å²) in [4.78, 5) is 0. The lowest BCUT2D eigenvalue weighted by molar-refractivity contribution is 0.0836. The molecule has 1 aromatic rings. The highest BCUT2D eigenvalue weighted by Crippen LogP contribution is 2.20. The number of benzene rings is 1. The fraction of sp³-hybridized carbons (Fsp3) is 0.571. The van der Waals surface area contributed by atoms with Gasteiger partial charge < -0.3 is 10.1 Å². The van der Waals surface area contributed by atoms with Crippen molar-refractivity contribution in [2.75, 3.05) is 13.7 Å². The number of hydrogen-bond acceptors (Lipinski definition) is 2. The van der Waals surface area contributed by atoms with Crippen LogP contribution in [0.1, 0.15) is 25.0 Å². The van der Waals surface area contributed by atoms with Gasteiger partial charge in [-0.3, -0.25) is 0 Å². The summed E-state index contributed by atoms with van der Waals surface area (Å²) in [6.45, 7) is 7.17. The van der Waals surface area contributed by atoms with Crippen molar-refractivity contribution in [1.29, 1.82) is 0 Å². The Labute approximate surface area is 109 Å². The molecule has 0 aliphatic rings. The first kappa shape index (κ1) is 14.5. The molecule has 2 atom stereocenters. The molecule has 0 saturated carbocycles. The number of nitrogens with one attached hydrogen (secondary N) is 1. The lowest BCUT2D eigenvalue weighted by atomic mass is 10.0. The van der Waals surface area contributed by atoms with Gasteiger partial charge in [0.05, 0.1) is 6.10 Å². The van der Waals surface area contributed by atoms with Gasteiger partial charge >= 0.3 is 0 Å². The molecule has 1 rings (SSSR count). The quantitative estimate of drug-likeness (QED) is 0.843. The largest absolute Gasteiger partial charge is 0.380 e. The molecule has 2 nitrogen and oxygen atoms in total. The molecule has 0 spiro atoms. The molecule has 0 fully saturated rings. The molecule has 0 aromatic heterocycles. The van der Waals surface area contributed by atoms with E-state index in [1.165, 1.54) is 11.1 Å². The van der Waals surface area contributed by atoms with E-state index in [1.807, 2.05) is 6.07 Å². The number of likely N-dealkylation sites (N-methyl/N-ethyl adjacent to an activating group) is 1. The van der Waals surface area contributed by atoms with Crippen molar-refractivity contribution in [2.24, 2.45) is 0 Å². The highest BCUT2D eigenvalue weighted by Gasteiger charge is 2.17. The molecule has 0 bridgehead atoms. The van der Waals surface area contributed by atoms with Gasteiger partial charge in [-0.1, -0.05) is 30.7 Å². The molecule has 17 heavy (non-hydrogen) atoms. The average Bonchev–Trinajstić information content (AvgIpc) is 2.30. The zero-order valence-corrected chi connectivity index (χ0v) is 11.8. The van der Waals surface area contributed by atoms with E-state index < -0.39 is 0 Å². The Morgan fingerprint density at radius 2 is 2.12 bits per heavy atom. The van der Waals surface area contributed by atoms with Crippen molar-refractivity contribution in [3.05, 3.63) is 34.3 Å². The number of rotatable bonds is 6. The lowest BCUT2D eigenvalue weighted by Crippen LogP contribution is -2.41. The summed E-state index contributed by atoms with van der Waals surface area (Å²) < 4.78 is 5.40. The summed E-state index contributed by atoms with van der Waals surface area (Å²) in [5, 5.41) is 4.28. The lowest BCUT2D eigenvalue weighted by Gasteiger charge is -2.24. The third kappa shape index (κ3) is 4.30. The Balaban J connectivity index is 2.78. The maximum Gasteiger partial charge on any atom is 0.0699 e. The van der Waals surface area contributed by atoms with Crippen LogP contribution in [0.5, 0.6) is 0 Å². The molecule has 1 N–H and O–H groups in total. The van der Waals surface area contributed by atoms with E-state index >= 15 is 0 Å². The SMILES string of the molecule is CCNC(Cc1ccc(C)cc1Cl)C(C)OC. The molecule has 3 heteroatoms. The summed E-state index contributed by atoms with van der Waals surface area (Å²) in [5.41, 5.74) is 2.37. The average molecular weight is 256 g/mol. The standard InChI is InChI=1S/C14H22ClNO/c1-5-16-14(11(3)17-4)9-12-7-6-10(2)8-13(12)15/h6-8,11,14,16H,5,9H2,1-4H3. The van der Waals surface area contributed by atoms with Crippen molar-refractivity contribution >= 4 is 11.6 Å². The van der Waals surface area contributed by atoms with Crippen molar-refractivity contribution in [3.63, 3.8) is 0 Å². The number of hydrogen-bond donors (Lipinski definition) is 1. The van der Waals surface area contributed by atoms with Crippen molar-refractivity contribution in [1.82, 2.24) is 5.32 Å². The van der Waals surface area contributed by atoms with Gasteiger partial charge in [0.25, 0.3) is 0 Å². The minimum absolute atomic E-state index is 0.173. The van der Waals surface area contributed by atoms with Crippen LogP contribution >= 0.6 is 11.6 Å². The van der Waals surface area contributed by atoms with Crippen molar-refractivity contribution in [2.45, 2.75) is 39.3 Å². The number of methoxy groups -OCH3 is 1. The van der Waals surface area contributed by atoms with Gasteiger partial charge in [0.1, 0.15) is 0 Å². The number of aryl methyl sites for hydroxylation is 1. The maximum atomic E-state index is 6.25. The van der Waals surface area contributed by atoms with Crippen LogP contribution < -0.4 is 5.32 Å². The Hall–Kier alpha value is -0.570. The molecule has 2 unspecified atom stereocenters. The molecule has 0 amide bonds. The zero-order chi connectivity index (χ0) is 12.8. The van der Waals surface area contributed by atoms with Crippen LogP contribution in [0.3, 0.4) is 0 Å². The number of ether oxygens (including phenoxy) is 1. The minimum atomic E-state index is 0.173. The van der Waals surface area contributed by atoms with E-state index in [2.05, 4.69) is 38.2 Å². The predicted molar refractivity (Wildman–Crippen MR) is 73.8 cm³/mol. The first-order chi connectivity index (χ1) is 8.08. The second-order valence-corrected chi connectivity index (χ2v) is 4.81. The van der Waals surface area contributed by atoms with Crippen LogP contribution in [0.25, 0.3) is 0 Å². The predicted octanol–water partition coefficient (Wildman–Crippen LogP) is 3.20. The van der Waals surface area contributed by atoms with Crippen molar-refractivity contribution < 1.29 is 4.74 Å². The van der Waals surface area contributed by atoms with E-state index in [0.29, 0.717) is 6.04 Å². The first-order valence-corrected chi connectivity index (χ1v) is 6.47. The fourth-order valence-corrected chi connectivity index (χ4v) is 2.20. The van der Waals surface area contributed by atoms with Crippen LogP contribution in [0.2, 0.25) is 5.02 Å². The summed E-state index contributed by atoms with van der Waals surface area (Å²) >= 11 is 6.25. The van der Waals surface area contributed by atoms with Crippen LogP contribution in [-0.4, -0.2) is 25.8 Å². The van der Waals surface area contributed by atoms with Crippen molar-refractivity contribution in [3.8, 4) is 0 Å². The van der Waals surface area contributed by atoms with Crippen LogP contribution in [0.15, 0.2) is 18.2 Å². The molecular formula is C14H22ClNO. The molecule has 0 aliphatic heterocycles. The second kappa shape index (κ2) is 7.00. The first-order valence-electron chi connectivity index (χ1n) is 6.09. The second-order valence-electron chi connectivity index (χ2n) is 4.40. The molecule has 0 aliphatic carbocycles. The molecule has 0 saturated heterocycles. The number of halogens is 1. The highest BCUT2D eigenvalue weighted by molar-refractivity contribution is 6.31. The van der Waals surface area contributed by atoms with E-state index in [9.17, 15) is 0 Å². The van der Waals surface area contributed by atoms with E-state index in [0.717, 1.165) is 18.0 Å². The van der Waals surface area contributed by atoms with E-state index in [1.54, 1.807) is 7.11 Å². The molecule has 0 radical (unpaired) electrons. The molecular weight excluding hydrogens is 234 g/mol. The summed E-state index contributed by atoms with van der Waals surface area (Å²) in [7, 11) is 1.74. The Bertz CT molecular complexity index is 354. The Morgan fingerprint density at radius 3 is 2.65 bits per heavy atom. The van der Waals surface area contributed by atoms with Gasteiger partial charge in [-0.2, -0.15) is 0 Å². The van der Waals surface area contributed by atoms with Crippen LogP contribution in [-0.2, 0) is 11.2 Å². The van der Waals surface area contributed by atoms with Gasteiger partial charge in [0.2, 0.25) is 0 Å². The smallest absolute Gasteiger partial charge is 0.0699 e. The van der Waals surface area contributed by atoms with Gasteiger partial charge in [0, 0.05) is 18.2 Å². The maximum absolute atomic E-state index is 6.25. The third-order valence-corrected chi connectivity index (χ3v) is 3.40. The monoisotopic (exact) mass is 255 g/mol. The van der Waals surface area contributed by atoms with Gasteiger partial charge in [-0.15, -0.1) is 0 Å². The highest BCUT2D eigenvalue weighted by atomic mass is 35.5. The van der Waals surface area contributed by atoms with Gasteiger partial charge in [-0.05, 0) is 44.0 Å². The Morgan fingerprint density at radius 1 is 1.41 bits per heavy atom. The summed E-state index contributed by atoms with van der Waals surface area (Å²) in [6, 6.07) is 6.51. The molecule has 0 heterocycles. The van der Waals surface area contributed by atoms with Gasteiger partial charge in [-0.25, -0.2) is 0 Å². The zero-order valence-electron chi connectivity index (χ0n) is 11.1. The van der Waals surface area contributed by atoms with E-state index in [-0.39, 0.29) is 6.10 Å². The fourth-order valence-electron chi connectivity index (χ4n) is 1.89. The summed E-state index contributed by atoms with van der Waals surface area (Å²) in [5.74, 6) is 0. The molecule has 1 aromatic carbocycles.